The van der Waals surface area contributed by atoms with E-state index in [2.05, 4.69) is 18.6 Å². The molecule has 0 radical (unpaired) electrons. The Kier molecular flexibility index (Phi) is 4.40. The number of hydrogen-bond acceptors (Lipinski definition) is 4. The van der Waals surface area contributed by atoms with E-state index in [1.165, 1.54) is 0 Å². The zero-order valence-corrected chi connectivity index (χ0v) is 11.6. The first kappa shape index (κ1) is 15.4. The van der Waals surface area contributed by atoms with Crippen LogP contribution in [0.3, 0.4) is 0 Å². The second kappa shape index (κ2) is 5.14. The number of carboxylic acid groups (broad SMARTS) is 1. The Morgan fingerprint density at radius 1 is 1.22 bits per heavy atom. The highest BCUT2D eigenvalue weighted by molar-refractivity contribution is 7.90. The fourth-order valence-electron chi connectivity index (χ4n) is 2.03. The summed E-state index contributed by atoms with van der Waals surface area (Å²) in [5, 5.41) is 18.7. The molecule has 1 aliphatic rings. The molecule has 0 saturated heterocycles. The maximum atomic E-state index is 11.4. The number of aliphatic carboxylic acids is 1. The highest BCUT2D eigenvalue weighted by Crippen LogP contribution is 2.39. The summed E-state index contributed by atoms with van der Waals surface area (Å²) in [7, 11) is -3.86. The van der Waals surface area contributed by atoms with Crippen LogP contribution in [0.5, 0.6) is 0 Å². The molecule has 1 fully saturated rings. The van der Waals surface area contributed by atoms with Crippen molar-refractivity contribution in [1.29, 1.82) is 0 Å². The number of carboxylic acids is 1. The topological polar surface area (TPSA) is 104 Å². The van der Waals surface area contributed by atoms with Gasteiger partial charge in [-0.1, -0.05) is 13.8 Å². The van der Waals surface area contributed by atoms with Crippen molar-refractivity contribution in [3.05, 3.63) is 0 Å². The minimum Gasteiger partial charge on any atom is -0.480 e. The lowest BCUT2D eigenvalue weighted by atomic mass is 9.71. The minimum atomic E-state index is -3.86. The van der Waals surface area contributed by atoms with E-state index in [9.17, 15) is 18.3 Å². The number of nitrogens with one attached hydrogen (secondary N) is 1. The van der Waals surface area contributed by atoms with Gasteiger partial charge in [0.15, 0.2) is 5.75 Å². The first-order chi connectivity index (χ1) is 8.04. The molecule has 1 rings (SSSR count). The number of sulfonamides is 1. The second-order valence-corrected chi connectivity index (χ2v) is 7.67. The summed E-state index contributed by atoms with van der Waals surface area (Å²) in [6, 6.07) is 0. The molecule has 7 heteroatoms. The third-order valence-corrected chi connectivity index (χ3v) is 4.68. The zero-order chi connectivity index (χ0) is 14.0. The fraction of sp³-hybridized carbons (Fsp3) is 0.909. The molecule has 0 aromatic carbocycles. The van der Waals surface area contributed by atoms with E-state index in [0.717, 1.165) is 12.8 Å². The Balaban J connectivity index is 2.51. The number of carbonyl (C=O) groups is 1. The van der Waals surface area contributed by atoms with Crippen LogP contribution in [0, 0.1) is 5.41 Å². The van der Waals surface area contributed by atoms with E-state index >= 15 is 0 Å². The number of hydrogen-bond donors (Lipinski definition) is 3. The van der Waals surface area contributed by atoms with Gasteiger partial charge >= 0.3 is 5.97 Å². The molecule has 1 aliphatic carbocycles. The SMILES string of the molecule is CC1(C)CCC(O)(CNS(=O)(=O)CC(=O)O)CC1. The average Bonchev–Trinajstić information content (AvgIpc) is 2.19. The lowest BCUT2D eigenvalue weighted by Crippen LogP contribution is -2.47. The Morgan fingerprint density at radius 2 is 1.72 bits per heavy atom. The molecule has 0 aromatic heterocycles. The van der Waals surface area contributed by atoms with Crippen molar-refractivity contribution in [3.8, 4) is 0 Å². The van der Waals surface area contributed by atoms with Crippen molar-refractivity contribution in [2.45, 2.75) is 45.1 Å². The van der Waals surface area contributed by atoms with Crippen molar-refractivity contribution < 1.29 is 23.4 Å². The van der Waals surface area contributed by atoms with E-state index in [1.807, 2.05) is 0 Å². The Morgan fingerprint density at radius 3 is 2.17 bits per heavy atom. The van der Waals surface area contributed by atoms with Crippen LogP contribution < -0.4 is 4.72 Å². The van der Waals surface area contributed by atoms with Gasteiger partial charge in [-0.15, -0.1) is 0 Å². The van der Waals surface area contributed by atoms with Crippen LogP contribution in [-0.4, -0.2) is 42.5 Å². The van der Waals surface area contributed by atoms with E-state index in [4.69, 9.17) is 5.11 Å². The van der Waals surface area contributed by atoms with E-state index in [0.29, 0.717) is 12.8 Å². The van der Waals surface area contributed by atoms with Gasteiger partial charge in [0.25, 0.3) is 0 Å². The van der Waals surface area contributed by atoms with Crippen LogP contribution in [0.1, 0.15) is 39.5 Å². The van der Waals surface area contributed by atoms with Crippen LogP contribution in [0.4, 0.5) is 0 Å². The monoisotopic (exact) mass is 279 g/mol. The third-order valence-electron chi connectivity index (χ3n) is 3.47. The summed E-state index contributed by atoms with van der Waals surface area (Å²) in [6.07, 6.45) is 2.69. The summed E-state index contributed by atoms with van der Waals surface area (Å²) in [5.74, 6) is -2.37. The van der Waals surface area contributed by atoms with Gasteiger partial charge in [-0.05, 0) is 31.1 Å². The molecule has 0 aromatic rings. The van der Waals surface area contributed by atoms with Gasteiger partial charge in [0, 0.05) is 6.54 Å². The molecule has 0 heterocycles. The van der Waals surface area contributed by atoms with E-state index in [-0.39, 0.29) is 12.0 Å². The standard InChI is InChI=1S/C11H21NO5S/c1-10(2)3-5-11(15,6-4-10)8-12-18(16,17)7-9(13)14/h12,15H,3-8H2,1-2H3,(H,13,14). The van der Waals surface area contributed by atoms with Gasteiger partial charge in [0.05, 0.1) is 5.60 Å². The molecule has 1 saturated carbocycles. The molecular weight excluding hydrogens is 258 g/mol. The fourth-order valence-corrected chi connectivity index (χ4v) is 2.94. The van der Waals surface area contributed by atoms with Crippen LogP contribution in [-0.2, 0) is 14.8 Å². The molecule has 0 aliphatic heterocycles. The van der Waals surface area contributed by atoms with E-state index in [1.54, 1.807) is 0 Å². The summed E-state index contributed by atoms with van der Waals surface area (Å²) in [4.78, 5) is 10.3. The largest absolute Gasteiger partial charge is 0.480 e. The summed E-state index contributed by atoms with van der Waals surface area (Å²) in [6.45, 7) is 4.11. The van der Waals surface area contributed by atoms with Crippen molar-refractivity contribution in [1.82, 2.24) is 4.72 Å². The van der Waals surface area contributed by atoms with Crippen molar-refractivity contribution in [2.24, 2.45) is 5.41 Å². The quantitative estimate of drug-likeness (QED) is 0.672. The van der Waals surface area contributed by atoms with Crippen LogP contribution in [0.15, 0.2) is 0 Å². The van der Waals surface area contributed by atoms with Crippen LogP contribution in [0.2, 0.25) is 0 Å². The summed E-state index contributed by atoms with van der Waals surface area (Å²) >= 11 is 0. The van der Waals surface area contributed by atoms with Crippen LogP contribution in [0.25, 0.3) is 0 Å². The van der Waals surface area contributed by atoms with Gasteiger partial charge in [0.1, 0.15) is 0 Å². The molecule has 0 bridgehead atoms. The van der Waals surface area contributed by atoms with Gasteiger partial charge in [-0.3, -0.25) is 4.79 Å². The maximum absolute atomic E-state index is 11.4. The first-order valence-corrected chi connectivity index (χ1v) is 7.60. The third kappa shape index (κ3) is 4.91. The summed E-state index contributed by atoms with van der Waals surface area (Å²) in [5.41, 5.74) is -0.882. The van der Waals surface area contributed by atoms with Crippen molar-refractivity contribution in [3.63, 3.8) is 0 Å². The maximum Gasteiger partial charge on any atom is 0.320 e. The normalized spacial score (nSPS) is 22.6. The predicted molar refractivity (Wildman–Crippen MR) is 66.6 cm³/mol. The molecular formula is C11H21NO5S. The van der Waals surface area contributed by atoms with Gasteiger partial charge < -0.3 is 10.2 Å². The molecule has 0 unspecified atom stereocenters. The Bertz CT molecular complexity index is 405. The molecule has 0 amide bonds. The van der Waals surface area contributed by atoms with Gasteiger partial charge in [0.2, 0.25) is 10.0 Å². The Hall–Kier alpha value is -0.660. The van der Waals surface area contributed by atoms with Crippen molar-refractivity contribution >= 4 is 16.0 Å². The molecule has 0 spiro atoms. The number of aliphatic hydroxyl groups is 1. The van der Waals surface area contributed by atoms with Gasteiger partial charge in [-0.2, -0.15) is 0 Å². The molecule has 106 valence electrons. The minimum absolute atomic E-state index is 0.112. The smallest absolute Gasteiger partial charge is 0.320 e. The van der Waals surface area contributed by atoms with Crippen LogP contribution >= 0.6 is 0 Å². The second-order valence-electron chi connectivity index (χ2n) is 5.86. The average molecular weight is 279 g/mol. The molecule has 0 atom stereocenters. The molecule has 6 nitrogen and oxygen atoms in total. The molecule has 18 heavy (non-hydrogen) atoms. The zero-order valence-electron chi connectivity index (χ0n) is 10.8. The highest BCUT2D eigenvalue weighted by Gasteiger charge is 2.37. The summed E-state index contributed by atoms with van der Waals surface area (Å²) < 4.78 is 24.9. The van der Waals surface area contributed by atoms with Gasteiger partial charge in [-0.25, -0.2) is 13.1 Å². The van der Waals surface area contributed by atoms with E-state index < -0.39 is 27.3 Å². The lowest BCUT2D eigenvalue weighted by molar-refractivity contribution is -0.134. The molecule has 3 N–H and O–H groups in total. The van der Waals surface area contributed by atoms with Crippen molar-refractivity contribution in [2.75, 3.05) is 12.3 Å². The Labute approximate surface area is 107 Å². The predicted octanol–water partition coefficient (Wildman–Crippen LogP) is 0.322. The number of rotatable bonds is 5. The highest BCUT2D eigenvalue weighted by atomic mass is 32.2. The first-order valence-electron chi connectivity index (χ1n) is 5.95. The lowest BCUT2D eigenvalue weighted by Gasteiger charge is -2.40.